The Kier molecular flexibility index (Phi) is 8.38. The van der Waals surface area contributed by atoms with Crippen molar-refractivity contribution in [1.82, 2.24) is 19.9 Å². The monoisotopic (exact) mass is 460 g/mol. The minimum Gasteiger partial charge on any atom is -0.480 e. The minimum absolute atomic E-state index is 0.326. The number of carboxylic acids is 1. The second kappa shape index (κ2) is 12.1. The van der Waals surface area contributed by atoms with Crippen molar-refractivity contribution in [3.8, 4) is 11.1 Å². The highest BCUT2D eigenvalue weighted by atomic mass is 16.4. The molecule has 0 spiro atoms. The Morgan fingerprint density at radius 2 is 1.85 bits per heavy atom. The molecule has 8 nitrogen and oxygen atoms in total. The molecular weight excluding hydrogens is 428 g/mol. The van der Waals surface area contributed by atoms with Crippen molar-refractivity contribution < 1.29 is 9.90 Å². The summed E-state index contributed by atoms with van der Waals surface area (Å²) < 4.78 is 0. The third kappa shape index (κ3) is 6.73. The molecule has 0 saturated heterocycles. The molecule has 0 aliphatic carbocycles. The van der Waals surface area contributed by atoms with Crippen LogP contribution in [0.5, 0.6) is 0 Å². The number of rotatable bonds is 12. The second-order valence-corrected chi connectivity index (χ2v) is 8.72. The molecule has 0 fully saturated rings. The normalized spacial score (nSPS) is 13.5. The minimum atomic E-state index is -0.882. The average Bonchev–Trinajstić information content (AvgIpc) is 2.88. The number of hydrogen-bond donors (Lipinski definition) is 3. The molecule has 0 saturated carbocycles. The van der Waals surface area contributed by atoms with Gasteiger partial charge in [-0.1, -0.05) is 37.8 Å². The topological polar surface area (TPSA) is 113 Å². The highest BCUT2D eigenvalue weighted by molar-refractivity contribution is 5.76. The molecule has 0 amide bonds. The molecule has 178 valence electrons. The summed E-state index contributed by atoms with van der Waals surface area (Å²) in [5.74, 6) is 0.505. The fraction of sp³-hybridized carbons (Fsp3) is 0.423. The van der Waals surface area contributed by atoms with Crippen LogP contribution in [-0.4, -0.2) is 43.6 Å². The third-order valence-electron chi connectivity index (χ3n) is 6.13. The molecule has 0 radical (unpaired) electrons. The lowest BCUT2D eigenvalue weighted by Gasteiger charge is -2.17. The SMILES string of the molecule is O=C(O)[C@H](CCCCCCCc1ccc2c(n1)NCCC2)Nc1ncc(-c2cccnc2)cn1. The molecule has 0 unspecified atom stereocenters. The number of carbonyl (C=O) groups is 1. The molecule has 3 N–H and O–H groups in total. The van der Waals surface area contributed by atoms with E-state index in [2.05, 4.69) is 37.7 Å². The van der Waals surface area contributed by atoms with E-state index in [1.807, 2.05) is 12.1 Å². The van der Waals surface area contributed by atoms with Gasteiger partial charge in [0.05, 0.1) is 0 Å². The van der Waals surface area contributed by atoms with E-state index in [-0.39, 0.29) is 0 Å². The zero-order valence-electron chi connectivity index (χ0n) is 19.4. The summed E-state index contributed by atoms with van der Waals surface area (Å²) in [4.78, 5) is 29.1. The van der Waals surface area contributed by atoms with Gasteiger partial charge in [-0.2, -0.15) is 0 Å². The van der Waals surface area contributed by atoms with Crippen molar-refractivity contribution in [2.24, 2.45) is 0 Å². The van der Waals surface area contributed by atoms with E-state index in [1.54, 1.807) is 24.8 Å². The Morgan fingerprint density at radius 3 is 2.65 bits per heavy atom. The lowest BCUT2D eigenvalue weighted by molar-refractivity contribution is -0.138. The van der Waals surface area contributed by atoms with E-state index in [4.69, 9.17) is 4.98 Å². The zero-order chi connectivity index (χ0) is 23.6. The smallest absolute Gasteiger partial charge is 0.326 e. The summed E-state index contributed by atoms with van der Waals surface area (Å²) in [7, 11) is 0. The molecule has 0 bridgehead atoms. The van der Waals surface area contributed by atoms with Gasteiger partial charge >= 0.3 is 5.97 Å². The Hall–Kier alpha value is -3.55. The van der Waals surface area contributed by atoms with Gasteiger partial charge in [-0.05, 0) is 49.8 Å². The van der Waals surface area contributed by atoms with Gasteiger partial charge in [0.15, 0.2) is 0 Å². The maximum absolute atomic E-state index is 11.7. The van der Waals surface area contributed by atoms with Gasteiger partial charge in [-0.15, -0.1) is 0 Å². The van der Waals surface area contributed by atoms with Crippen LogP contribution in [-0.2, 0) is 17.6 Å². The molecular formula is C26H32N6O2. The molecule has 3 aromatic rings. The number of nitrogens with one attached hydrogen (secondary N) is 2. The average molecular weight is 461 g/mol. The highest BCUT2D eigenvalue weighted by Crippen LogP contribution is 2.21. The molecule has 1 atom stereocenters. The van der Waals surface area contributed by atoms with Gasteiger partial charge in [0, 0.05) is 48.2 Å². The number of pyridine rings is 2. The predicted molar refractivity (Wildman–Crippen MR) is 133 cm³/mol. The van der Waals surface area contributed by atoms with E-state index < -0.39 is 12.0 Å². The van der Waals surface area contributed by atoms with Crippen LogP contribution in [0.15, 0.2) is 49.1 Å². The molecule has 1 aliphatic heterocycles. The van der Waals surface area contributed by atoms with Crippen LogP contribution >= 0.6 is 0 Å². The Balaban J connectivity index is 1.15. The van der Waals surface area contributed by atoms with E-state index >= 15 is 0 Å². The highest BCUT2D eigenvalue weighted by Gasteiger charge is 2.18. The van der Waals surface area contributed by atoms with E-state index in [9.17, 15) is 9.90 Å². The van der Waals surface area contributed by atoms with Gasteiger partial charge in [0.25, 0.3) is 0 Å². The third-order valence-corrected chi connectivity index (χ3v) is 6.13. The summed E-state index contributed by atoms with van der Waals surface area (Å²) in [6.07, 6.45) is 15.8. The molecule has 4 rings (SSSR count). The molecule has 34 heavy (non-hydrogen) atoms. The summed E-state index contributed by atoms with van der Waals surface area (Å²) in [6, 6.07) is 7.44. The van der Waals surface area contributed by atoms with E-state index in [1.165, 1.54) is 12.0 Å². The lowest BCUT2D eigenvalue weighted by atomic mass is 10.0. The maximum Gasteiger partial charge on any atom is 0.326 e. The number of aromatic nitrogens is 4. The van der Waals surface area contributed by atoms with E-state index in [0.29, 0.717) is 12.4 Å². The first-order valence-electron chi connectivity index (χ1n) is 12.1. The molecule has 4 heterocycles. The first-order valence-corrected chi connectivity index (χ1v) is 12.1. The molecule has 0 aromatic carbocycles. The van der Waals surface area contributed by atoms with Crippen molar-refractivity contribution in [1.29, 1.82) is 0 Å². The number of anilines is 2. The Bertz CT molecular complexity index is 1060. The molecule has 8 heteroatoms. The maximum atomic E-state index is 11.7. The quantitative estimate of drug-likeness (QED) is 0.332. The summed E-state index contributed by atoms with van der Waals surface area (Å²) in [5.41, 5.74) is 4.24. The summed E-state index contributed by atoms with van der Waals surface area (Å²) in [5, 5.41) is 15.9. The zero-order valence-corrected chi connectivity index (χ0v) is 19.4. The molecule has 1 aliphatic rings. The standard InChI is InChI=1S/C26H32N6O2/c33-25(34)23(32-26-29-17-21(18-30-26)20-9-6-14-27-16-20)11-5-3-1-2-4-10-22-13-12-19-8-7-15-28-24(19)31-22/h6,9,12-14,16-18,23H,1-5,7-8,10-11,15H2,(H,28,31)(H,33,34)(H,29,30,32)/t23-/m0/s1. The van der Waals surface area contributed by atoms with Crippen LogP contribution in [0.2, 0.25) is 0 Å². The first-order chi connectivity index (χ1) is 16.7. The largest absolute Gasteiger partial charge is 0.480 e. The Labute approximate surface area is 200 Å². The van der Waals surface area contributed by atoms with Crippen LogP contribution in [0.25, 0.3) is 11.1 Å². The summed E-state index contributed by atoms with van der Waals surface area (Å²) >= 11 is 0. The fourth-order valence-electron chi connectivity index (χ4n) is 4.19. The van der Waals surface area contributed by atoms with Gasteiger partial charge in [-0.3, -0.25) is 4.98 Å². The van der Waals surface area contributed by atoms with Crippen LogP contribution < -0.4 is 10.6 Å². The van der Waals surface area contributed by atoms with Crippen LogP contribution in [0, 0.1) is 0 Å². The lowest BCUT2D eigenvalue weighted by Crippen LogP contribution is -2.30. The van der Waals surface area contributed by atoms with Gasteiger partial charge < -0.3 is 15.7 Å². The van der Waals surface area contributed by atoms with Crippen LogP contribution in [0.4, 0.5) is 11.8 Å². The predicted octanol–water partition coefficient (Wildman–Crippen LogP) is 4.74. The van der Waals surface area contributed by atoms with Crippen LogP contribution in [0.1, 0.15) is 56.2 Å². The number of unbranched alkanes of at least 4 members (excludes halogenated alkanes) is 4. The van der Waals surface area contributed by atoms with Gasteiger partial charge in [0.2, 0.25) is 5.95 Å². The second-order valence-electron chi connectivity index (χ2n) is 8.72. The number of aryl methyl sites for hydroxylation is 2. The number of fused-ring (bicyclic) bond motifs is 1. The fourth-order valence-corrected chi connectivity index (χ4v) is 4.19. The molecule has 3 aromatic heterocycles. The van der Waals surface area contributed by atoms with Gasteiger partial charge in [0.1, 0.15) is 11.9 Å². The van der Waals surface area contributed by atoms with Crippen LogP contribution in [0.3, 0.4) is 0 Å². The van der Waals surface area contributed by atoms with Crippen molar-refractivity contribution in [3.63, 3.8) is 0 Å². The first kappa shape index (κ1) is 23.6. The van der Waals surface area contributed by atoms with Crippen molar-refractivity contribution >= 4 is 17.7 Å². The number of nitrogens with zero attached hydrogens (tertiary/aromatic N) is 4. The van der Waals surface area contributed by atoms with Crippen molar-refractivity contribution in [2.45, 2.75) is 63.8 Å². The summed E-state index contributed by atoms with van der Waals surface area (Å²) in [6.45, 7) is 1.01. The number of carboxylic acid groups (broad SMARTS) is 1. The van der Waals surface area contributed by atoms with E-state index in [0.717, 1.165) is 74.1 Å². The number of hydrogen-bond acceptors (Lipinski definition) is 7. The number of aliphatic carboxylic acids is 1. The van der Waals surface area contributed by atoms with Crippen molar-refractivity contribution in [2.75, 3.05) is 17.2 Å². The van der Waals surface area contributed by atoms with Crippen molar-refractivity contribution in [3.05, 3.63) is 60.3 Å². The van der Waals surface area contributed by atoms with Gasteiger partial charge in [-0.25, -0.2) is 19.7 Å². The Morgan fingerprint density at radius 1 is 1.03 bits per heavy atom.